The van der Waals surface area contributed by atoms with Crippen molar-refractivity contribution in [2.24, 2.45) is 5.10 Å². The molecule has 0 fully saturated rings. The van der Waals surface area contributed by atoms with Gasteiger partial charge in [-0.25, -0.2) is 5.01 Å². The van der Waals surface area contributed by atoms with Crippen LogP contribution in [0.2, 0.25) is 5.02 Å². The van der Waals surface area contributed by atoms with Crippen LogP contribution in [0, 0.1) is 11.3 Å². The highest BCUT2D eigenvalue weighted by atomic mass is 35.5. The number of carbonyl (C=O) groups excluding carboxylic acids is 1. The van der Waals surface area contributed by atoms with Gasteiger partial charge in [0.15, 0.2) is 0 Å². The van der Waals surface area contributed by atoms with Crippen LogP contribution >= 0.6 is 11.6 Å². The van der Waals surface area contributed by atoms with Gasteiger partial charge in [0.05, 0.1) is 30.1 Å². The number of halogens is 1. The molecule has 0 N–H and O–H groups in total. The molecule has 1 aromatic rings. The zero-order chi connectivity index (χ0) is 14.1. The molecule has 19 heavy (non-hydrogen) atoms. The van der Waals surface area contributed by atoms with Crippen LogP contribution in [0.15, 0.2) is 35.6 Å². The summed E-state index contributed by atoms with van der Waals surface area (Å²) in [5, 5.41) is 14.9. The van der Waals surface area contributed by atoms with Crippen molar-refractivity contribution < 1.29 is 9.53 Å². The summed E-state index contributed by atoms with van der Waals surface area (Å²) in [5.74, 6) is 0. The summed E-state index contributed by atoms with van der Waals surface area (Å²) < 4.78 is 4.85. The van der Waals surface area contributed by atoms with Gasteiger partial charge in [-0.3, -0.25) is 4.79 Å². The second-order valence-electron chi connectivity index (χ2n) is 3.39. The van der Waals surface area contributed by atoms with Crippen molar-refractivity contribution in [3.63, 3.8) is 0 Å². The average Bonchev–Trinajstić information content (AvgIpc) is 2.42. The van der Waals surface area contributed by atoms with E-state index in [2.05, 4.69) is 5.10 Å². The number of benzene rings is 1. The van der Waals surface area contributed by atoms with Crippen LogP contribution in [0.25, 0.3) is 0 Å². The predicted molar refractivity (Wildman–Crippen MR) is 74.2 cm³/mol. The van der Waals surface area contributed by atoms with Crippen LogP contribution in [0.1, 0.15) is 5.56 Å². The minimum atomic E-state index is 0.330. The van der Waals surface area contributed by atoms with Gasteiger partial charge in [0.2, 0.25) is 0 Å². The zero-order valence-corrected chi connectivity index (χ0v) is 11.0. The Morgan fingerprint density at radius 2 is 2.32 bits per heavy atom. The topological polar surface area (TPSA) is 65.7 Å². The highest BCUT2D eigenvalue weighted by Gasteiger charge is 2.04. The third-order valence-corrected chi connectivity index (χ3v) is 2.25. The lowest BCUT2D eigenvalue weighted by Gasteiger charge is -2.14. The van der Waals surface area contributed by atoms with Crippen molar-refractivity contribution in [1.29, 1.82) is 5.26 Å². The fourth-order valence-corrected chi connectivity index (χ4v) is 1.50. The Labute approximate surface area is 116 Å². The highest BCUT2D eigenvalue weighted by Crippen LogP contribution is 2.22. The van der Waals surface area contributed by atoms with E-state index >= 15 is 0 Å². The molecule has 0 amide bonds. The molecular weight excluding hydrogens is 266 g/mol. The Balaban J connectivity index is 3.09. The maximum absolute atomic E-state index is 10.4. The lowest BCUT2D eigenvalue weighted by atomic mass is 10.2. The van der Waals surface area contributed by atoms with Crippen molar-refractivity contribution in [3.05, 3.63) is 41.1 Å². The fourth-order valence-electron chi connectivity index (χ4n) is 1.27. The number of nitrogens with zero attached hydrogens (tertiary/aromatic N) is 3. The number of rotatable bonds is 6. The Hall–Kier alpha value is -2.16. The van der Waals surface area contributed by atoms with E-state index in [0.717, 1.165) is 0 Å². The molecule has 0 aliphatic heterocycles. The molecule has 0 atom stereocenters. The van der Waals surface area contributed by atoms with Gasteiger partial charge in [-0.05, 0) is 24.3 Å². The zero-order valence-electron chi connectivity index (χ0n) is 10.3. The Morgan fingerprint density at radius 1 is 1.53 bits per heavy atom. The van der Waals surface area contributed by atoms with Crippen LogP contribution in [0.4, 0.5) is 5.69 Å². The summed E-state index contributed by atoms with van der Waals surface area (Å²) in [6.45, 7) is 0.330. The monoisotopic (exact) mass is 277 g/mol. The molecule has 0 spiro atoms. The summed E-state index contributed by atoms with van der Waals surface area (Å²) in [4.78, 5) is 10.4. The van der Waals surface area contributed by atoms with Crippen LogP contribution in [-0.2, 0) is 9.53 Å². The molecule has 1 rings (SSSR count). The van der Waals surface area contributed by atoms with Gasteiger partial charge >= 0.3 is 0 Å². The standard InChI is InChI=1S/C13H12ClN3O2/c1-19-6-3-16-17(4-2-5-18)13-8-11(10-15)7-12(14)9-13/h2-5,7-9H,6H2,1H3/b4-2-,16-3+. The summed E-state index contributed by atoms with van der Waals surface area (Å²) in [5.41, 5.74) is 0.989. The lowest BCUT2D eigenvalue weighted by molar-refractivity contribution is -0.104. The Bertz CT molecular complexity index is 535. The van der Waals surface area contributed by atoms with E-state index in [4.69, 9.17) is 21.6 Å². The van der Waals surface area contributed by atoms with Crippen molar-refractivity contribution >= 4 is 29.8 Å². The highest BCUT2D eigenvalue weighted by molar-refractivity contribution is 6.31. The number of nitriles is 1. The second kappa shape index (κ2) is 8.03. The van der Waals surface area contributed by atoms with Crippen LogP contribution in [0.5, 0.6) is 0 Å². The molecule has 6 heteroatoms. The second-order valence-corrected chi connectivity index (χ2v) is 3.82. The number of anilines is 1. The van der Waals surface area contributed by atoms with Gasteiger partial charge < -0.3 is 4.74 Å². The molecule has 0 saturated heterocycles. The van der Waals surface area contributed by atoms with Gasteiger partial charge in [0.1, 0.15) is 6.29 Å². The lowest BCUT2D eigenvalue weighted by Crippen LogP contribution is -2.09. The average molecular weight is 278 g/mol. The number of aldehydes is 1. The van der Waals surface area contributed by atoms with Gasteiger partial charge in [-0.1, -0.05) is 11.6 Å². The first-order valence-electron chi connectivity index (χ1n) is 5.34. The summed E-state index contributed by atoms with van der Waals surface area (Å²) in [6, 6.07) is 6.81. The predicted octanol–water partition coefficient (Wildman–Crippen LogP) is 2.36. The molecule has 0 bridgehead atoms. The minimum Gasteiger partial charge on any atom is -0.379 e. The van der Waals surface area contributed by atoms with E-state index in [1.54, 1.807) is 25.3 Å². The summed E-state index contributed by atoms with van der Waals surface area (Å²) in [6.07, 6.45) is 4.92. The molecule has 0 saturated carbocycles. The van der Waals surface area contributed by atoms with E-state index in [-0.39, 0.29) is 0 Å². The molecule has 0 unspecified atom stereocenters. The van der Waals surface area contributed by atoms with Gasteiger partial charge in [-0.2, -0.15) is 10.4 Å². The number of allylic oxidation sites excluding steroid dienone is 1. The molecule has 0 aromatic heterocycles. The smallest absolute Gasteiger partial charge is 0.144 e. The molecule has 5 nitrogen and oxygen atoms in total. The van der Waals surface area contributed by atoms with Crippen LogP contribution in [-0.4, -0.2) is 26.2 Å². The molecule has 1 aromatic carbocycles. The molecule has 0 aliphatic carbocycles. The van der Waals surface area contributed by atoms with E-state index in [9.17, 15) is 4.79 Å². The van der Waals surface area contributed by atoms with Crippen molar-refractivity contribution in [2.75, 3.05) is 18.7 Å². The maximum Gasteiger partial charge on any atom is 0.144 e. The van der Waals surface area contributed by atoms with Crippen LogP contribution in [0.3, 0.4) is 0 Å². The largest absolute Gasteiger partial charge is 0.379 e. The molecule has 98 valence electrons. The Kier molecular flexibility index (Phi) is 6.30. The number of methoxy groups -OCH3 is 1. The van der Waals surface area contributed by atoms with E-state index in [0.29, 0.717) is 29.2 Å². The third-order valence-electron chi connectivity index (χ3n) is 2.03. The molecule has 0 radical (unpaired) electrons. The first-order valence-corrected chi connectivity index (χ1v) is 5.72. The summed E-state index contributed by atoms with van der Waals surface area (Å²) in [7, 11) is 1.55. The SMILES string of the molecule is COC/C=N/N(/C=C\C=O)c1cc(Cl)cc(C#N)c1. The van der Waals surface area contributed by atoms with Gasteiger partial charge in [-0.15, -0.1) is 0 Å². The van der Waals surface area contributed by atoms with E-state index in [1.807, 2.05) is 6.07 Å². The number of hydrazone groups is 1. The van der Waals surface area contributed by atoms with Crippen molar-refractivity contribution in [1.82, 2.24) is 0 Å². The minimum absolute atomic E-state index is 0.330. The number of hydrogen-bond acceptors (Lipinski definition) is 5. The number of hydrogen-bond donors (Lipinski definition) is 0. The maximum atomic E-state index is 10.4. The quantitative estimate of drug-likeness (QED) is 0.346. The normalized spacial score (nSPS) is 10.8. The number of carbonyl (C=O) groups is 1. The first kappa shape index (κ1) is 14.9. The van der Waals surface area contributed by atoms with E-state index < -0.39 is 0 Å². The third kappa shape index (κ3) is 4.92. The van der Waals surface area contributed by atoms with Crippen molar-refractivity contribution in [3.8, 4) is 6.07 Å². The first-order chi connectivity index (χ1) is 9.21. The van der Waals surface area contributed by atoms with Crippen LogP contribution < -0.4 is 5.01 Å². The van der Waals surface area contributed by atoms with Gasteiger partial charge in [0.25, 0.3) is 0 Å². The molecule has 0 heterocycles. The van der Waals surface area contributed by atoms with Gasteiger partial charge in [0, 0.05) is 18.3 Å². The number of ether oxygens (including phenoxy) is 1. The van der Waals surface area contributed by atoms with E-state index in [1.165, 1.54) is 23.5 Å². The molecule has 0 aliphatic rings. The molecular formula is C13H12ClN3O2. The Morgan fingerprint density at radius 3 is 2.95 bits per heavy atom. The van der Waals surface area contributed by atoms with Crippen molar-refractivity contribution in [2.45, 2.75) is 0 Å². The fraction of sp³-hybridized carbons (Fsp3) is 0.154. The summed E-state index contributed by atoms with van der Waals surface area (Å²) >= 11 is 5.92.